The van der Waals surface area contributed by atoms with Gasteiger partial charge in [0.2, 0.25) is 0 Å². The maximum Gasteiger partial charge on any atom is 0.255 e. The van der Waals surface area contributed by atoms with Crippen LogP contribution in [0.25, 0.3) is 10.8 Å². The van der Waals surface area contributed by atoms with Gasteiger partial charge in [-0.1, -0.05) is 12.1 Å². The van der Waals surface area contributed by atoms with E-state index in [4.69, 9.17) is 5.26 Å². The van der Waals surface area contributed by atoms with Crippen molar-refractivity contribution in [2.75, 3.05) is 5.32 Å². The van der Waals surface area contributed by atoms with Crippen LogP contribution < -0.4 is 5.32 Å². The maximum absolute atomic E-state index is 12.2. The number of pyridine rings is 1. The van der Waals surface area contributed by atoms with Gasteiger partial charge in [0.25, 0.3) is 5.91 Å². The summed E-state index contributed by atoms with van der Waals surface area (Å²) in [5, 5.41) is 13.6. The monoisotopic (exact) mass is 273 g/mol. The Bertz CT molecular complexity index is 843. The van der Waals surface area contributed by atoms with Crippen LogP contribution in [0.4, 0.5) is 5.69 Å². The van der Waals surface area contributed by atoms with Crippen molar-refractivity contribution in [3.05, 3.63) is 72.1 Å². The summed E-state index contributed by atoms with van der Waals surface area (Å²) in [6, 6.07) is 16.1. The number of hydrogen-bond acceptors (Lipinski definition) is 3. The van der Waals surface area contributed by atoms with Crippen LogP contribution in [0.15, 0.2) is 60.9 Å². The van der Waals surface area contributed by atoms with Crippen LogP contribution in [-0.4, -0.2) is 10.9 Å². The number of carbonyl (C=O) groups excluding carboxylic acids is 1. The molecular formula is C17H11N3O. The van der Waals surface area contributed by atoms with E-state index in [-0.39, 0.29) is 5.91 Å². The molecule has 0 radical (unpaired) electrons. The van der Waals surface area contributed by atoms with E-state index in [0.29, 0.717) is 11.1 Å². The lowest BCUT2D eigenvalue weighted by atomic mass is 10.1. The first-order valence-corrected chi connectivity index (χ1v) is 6.42. The number of nitriles is 1. The molecule has 1 amide bonds. The second-order valence-corrected chi connectivity index (χ2v) is 4.55. The Kier molecular flexibility index (Phi) is 3.32. The Morgan fingerprint density at radius 3 is 2.67 bits per heavy atom. The van der Waals surface area contributed by atoms with Crippen molar-refractivity contribution >= 4 is 22.4 Å². The van der Waals surface area contributed by atoms with Crippen LogP contribution in [-0.2, 0) is 0 Å². The lowest BCUT2D eigenvalue weighted by Gasteiger charge is -2.08. The SMILES string of the molecule is N#Cc1ccc(C(=O)Nc2cccc3cnccc23)cc1. The number of hydrogen-bond donors (Lipinski definition) is 1. The van der Waals surface area contributed by atoms with Crippen molar-refractivity contribution in [3.63, 3.8) is 0 Å². The quantitative estimate of drug-likeness (QED) is 0.778. The van der Waals surface area contributed by atoms with Gasteiger partial charge >= 0.3 is 0 Å². The van der Waals surface area contributed by atoms with Gasteiger partial charge in [0.15, 0.2) is 0 Å². The van der Waals surface area contributed by atoms with Crippen LogP contribution in [0.5, 0.6) is 0 Å². The number of amides is 1. The van der Waals surface area contributed by atoms with E-state index in [1.807, 2.05) is 30.3 Å². The number of benzene rings is 2. The standard InChI is InChI=1S/C17H11N3O/c18-10-12-4-6-13(7-5-12)17(21)20-16-3-1-2-14-11-19-9-8-15(14)16/h1-9,11H,(H,20,21). The fraction of sp³-hybridized carbons (Fsp3) is 0. The molecule has 2 aromatic carbocycles. The molecule has 0 fully saturated rings. The Balaban J connectivity index is 1.91. The fourth-order valence-corrected chi connectivity index (χ4v) is 2.12. The highest BCUT2D eigenvalue weighted by molar-refractivity contribution is 6.09. The molecule has 4 heteroatoms. The minimum atomic E-state index is -0.205. The molecule has 4 nitrogen and oxygen atoms in total. The topological polar surface area (TPSA) is 65.8 Å². The van der Waals surface area contributed by atoms with Crippen molar-refractivity contribution in [1.29, 1.82) is 5.26 Å². The molecule has 1 aromatic heterocycles. The third kappa shape index (κ3) is 2.58. The van der Waals surface area contributed by atoms with Crippen molar-refractivity contribution in [2.45, 2.75) is 0 Å². The molecule has 3 aromatic rings. The summed E-state index contributed by atoms with van der Waals surface area (Å²) in [7, 11) is 0. The van der Waals surface area contributed by atoms with Crippen LogP contribution >= 0.6 is 0 Å². The van der Waals surface area contributed by atoms with E-state index >= 15 is 0 Å². The normalized spacial score (nSPS) is 10.0. The molecule has 0 aliphatic rings. The van der Waals surface area contributed by atoms with Gasteiger partial charge in [-0.05, 0) is 36.4 Å². The number of carbonyl (C=O) groups is 1. The third-order valence-electron chi connectivity index (χ3n) is 3.21. The Labute approximate surface area is 121 Å². The molecule has 1 N–H and O–H groups in total. The predicted molar refractivity (Wildman–Crippen MR) is 80.9 cm³/mol. The highest BCUT2D eigenvalue weighted by atomic mass is 16.1. The zero-order valence-corrected chi connectivity index (χ0v) is 11.1. The highest BCUT2D eigenvalue weighted by Crippen LogP contribution is 2.22. The Morgan fingerprint density at radius 2 is 1.90 bits per heavy atom. The molecule has 1 heterocycles. The zero-order valence-electron chi connectivity index (χ0n) is 11.1. The first kappa shape index (κ1) is 12.8. The molecular weight excluding hydrogens is 262 g/mol. The van der Waals surface area contributed by atoms with Crippen molar-refractivity contribution in [1.82, 2.24) is 4.98 Å². The molecule has 0 aliphatic carbocycles. The Hall–Kier alpha value is -3.19. The number of rotatable bonds is 2. The van der Waals surface area contributed by atoms with Gasteiger partial charge in [0.1, 0.15) is 0 Å². The van der Waals surface area contributed by atoms with Gasteiger partial charge < -0.3 is 5.32 Å². The summed E-state index contributed by atoms with van der Waals surface area (Å²) < 4.78 is 0. The van der Waals surface area contributed by atoms with E-state index in [1.165, 1.54) is 0 Å². The van der Waals surface area contributed by atoms with Gasteiger partial charge in [-0.15, -0.1) is 0 Å². The molecule has 21 heavy (non-hydrogen) atoms. The summed E-state index contributed by atoms with van der Waals surface area (Å²) in [4.78, 5) is 16.3. The average Bonchev–Trinajstić information content (AvgIpc) is 2.55. The Morgan fingerprint density at radius 1 is 1.10 bits per heavy atom. The molecule has 0 atom stereocenters. The zero-order chi connectivity index (χ0) is 14.7. The van der Waals surface area contributed by atoms with Crippen LogP contribution in [0.3, 0.4) is 0 Å². The molecule has 0 saturated heterocycles. The van der Waals surface area contributed by atoms with E-state index < -0.39 is 0 Å². The van der Waals surface area contributed by atoms with Gasteiger partial charge in [-0.25, -0.2) is 0 Å². The van der Waals surface area contributed by atoms with E-state index in [9.17, 15) is 4.79 Å². The molecule has 100 valence electrons. The second-order valence-electron chi connectivity index (χ2n) is 4.55. The summed E-state index contributed by atoms with van der Waals surface area (Å²) in [5.74, 6) is -0.205. The molecule has 3 rings (SSSR count). The number of nitrogens with one attached hydrogen (secondary N) is 1. The minimum Gasteiger partial charge on any atom is -0.321 e. The lowest BCUT2D eigenvalue weighted by Crippen LogP contribution is -2.12. The van der Waals surface area contributed by atoms with Gasteiger partial charge in [0.05, 0.1) is 11.6 Å². The van der Waals surface area contributed by atoms with Gasteiger partial charge in [-0.3, -0.25) is 9.78 Å². The molecule has 0 bridgehead atoms. The van der Waals surface area contributed by atoms with Crippen molar-refractivity contribution in [2.24, 2.45) is 0 Å². The number of fused-ring (bicyclic) bond motifs is 1. The largest absolute Gasteiger partial charge is 0.321 e. The molecule has 0 unspecified atom stereocenters. The number of anilines is 1. The van der Waals surface area contributed by atoms with E-state index in [0.717, 1.165) is 16.5 Å². The van der Waals surface area contributed by atoms with Crippen LogP contribution in [0.2, 0.25) is 0 Å². The third-order valence-corrected chi connectivity index (χ3v) is 3.21. The maximum atomic E-state index is 12.2. The number of nitrogens with zero attached hydrogens (tertiary/aromatic N) is 2. The van der Waals surface area contributed by atoms with Crippen molar-refractivity contribution < 1.29 is 4.79 Å². The summed E-state index contributed by atoms with van der Waals surface area (Å²) >= 11 is 0. The molecule has 0 saturated carbocycles. The highest BCUT2D eigenvalue weighted by Gasteiger charge is 2.08. The second kappa shape index (κ2) is 5.43. The van der Waals surface area contributed by atoms with Crippen LogP contribution in [0, 0.1) is 11.3 Å². The van der Waals surface area contributed by atoms with Gasteiger partial charge in [0, 0.05) is 34.4 Å². The fourth-order valence-electron chi connectivity index (χ4n) is 2.12. The molecule has 0 spiro atoms. The summed E-state index contributed by atoms with van der Waals surface area (Å²) in [6.07, 6.45) is 3.45. The average molecular weight is 273 g/mol. The minimum absolute atomic E-state index is 0.205. The van der Waals surface area contributed by atoms with E-state index in [1.54, 1.807) is 36.7 Å². The predicted octanol–water partition coefficient (Wildman–Crippen LogP) is 3.36. The van der Waals surface area contributed by atoms with Crippen LogP contribution in [0.1, 0.15) is 15.9 Å². The first-order chi connectivity index (χ1) is 10.3. The lowest BCUT2D eigenvalue weighted by molar-refractivity contribution is 0.102. The summed E-state index contributed by atoms with van der Waals surface area (Å²) in [5.41, 5.74) is 1.78. The van der Waals surface area contributed by atoms with E-state index in [2.05, 4.69) is 10.3 Å². The van der Waals surface area contributed by atoms with Gasteiger partial charge in [-0.2, -0.15) is 5.26 Å². The smallest absolute Gasteiger partial charge is 0.255 e. The molecule has 0 aliphatic heterocycles. The first-order valence-electron chi connectivity index (χ1n) is 6.42. The number of aromatic nitrogens is 1. The van der Waals surface area contributed by atoms with Crippen molar-refractivity contribution in [3.8, 4) is 6.07 Å². The summed E-state index contributed by atoms with van der Waals surface area (Å²) in [6.45, 7) is 0.